The molecule has 0 rings (SSSR count). The van der Waals surface area contributed by atoms with Crippen molar-refractivity contribution in [2.24, 2.45) is 0 Å². The number of unbranched alkanes of at least 4 members (excludes halogenated alkanes) is 7. The summed E-state index contributed by atoms with van der Waals surface area (Å²) < 4.78 is 34.0. The van der Waals surface area contributed by atoms with Crippen LogP contribution in [0.4, 0.5) is 0 Å². The average molecular weight is 863 g/mol. The van der Waals surface area contributed by atoms with Crippen LogP contribution in [0.5, 0.6) is 0 Å². The Bertz CT molecular complexity index is 1380. The normalized spacial score (nSPS) is 15.5. The Kier molecular flexibility index (Phi) is 36.7. The summed E-state index contributed by atoms with van der Waals surface area (Å²) in [5, 5.41) is 20.3. The maximum absolute atomic E-state index is 12.7. The van der Waals surface area contributed by atoms with Gasteiger partial charge in [0.05, 0.1) is 40.0 Å². The first-order valence-corrected chi connectivity index (χ1v) is 23.7. The molecule has 1 unspecified atom stereocenters. The van der Waals surface area contributed by atoms with Crippen LogP contribution in [0.25, 0.3) is 0 Å². The average Bonchev–Trinajstić information content (AvgIpc) is 3.19. The third kappa shape index (κ3) is 41.6. The van der Waals surface area contributed by atoms with E-state index in [4.69, 9.17) is 18.5 Å². The molecule has 342 valence electrons. The number of esters is 2. The lowest BCUT2D eigenvalue weighted by atomic mass is 10.1. The first kappa shape index (κ1) is 56.9. The minimum Gasteiger partial charge on any atom is -0.462 e. The highest BCUT2D eigenvalue weighted by Gasteiger charge is 2.27. The van der Waals surface area contributed by atoms with Gasteiger partial charge in [0.2, 0.25) is 0 Å². The fourth-order valence-corrected chi connectivity index (χ4v) is 5.94. The molecule has 0 aromatic rings. The highest BCUT2D eigenvalue weighted by atomic mass is 31.2. The van der Waals surface area contributed by atoms with Crippen LogP contribution >= 0.6 is 7.82 Å². The van der Waals surface area contributed by atoms with E-state index in [0.29, 0.717) is 43.1 Å². The van der Waals surface area contributed by atoms with E-state index in [1.54, 1.807) is 36.5 Å². The van der Waals surface area contributed by atoms with Crippen molar-refractivity contribution in [1.82, 2.24) is 0 Å². The lowest BCUT2D eigenvalue weighted by Crippen LogP contribution is -2.37. The minimum atomic E-state index is -4.46. The molecule has 0 radical (unpaired) electrons. The van der Waals surface area contributed by atoms with Gasteiger partial charge in [0, 0.05) is 12.8 Å². The second-order valence-electron chi connectivity index (χ2n) is 15.8. The Hall–Kier alpha value is -3.15. The summed E-state index contributed by atoms with van der Waals surface area (Å²) in [7, 11) is 1.29. The van der Waals surface area contributed by atoms with E-state index in [2.05, 4.69) is 56.4 Å². The third-order valence-corrected chi connectivity index (χ3v) is 9.76. The van der Waals surface area contributed by atoms with Gasteiger partial charge >= 0.3 is 19.8 Å². The number of aliphatic hydroxyl groups is 2. The van der Waals surface area contributed by atoms with Gasteiger partial charge in [-0.15, -0.1) is 0 Å². The number of phosphoric ester groups is 1. The smallest absolute Gasteiger partial charge is 0.462 e. The molecule has 0 spiro atoms. The number of hydrogen-bond donors (Lipinski definition) is 3. The Morgan fingerprint density at radius 2 is 1.13 bits per heavy atom. The van der Waals surface area contributed by atoms with Crippen molar-refractivity contribution in [3.05, 3.63) is 97.2 Å². The van der Waals surface area contributed by atoms with Crippen LogP contribution < -0.4 is 0 Å². The number of allylic oxidation sites excluding steroid dienone is 13. The molecular weight excluding hydrogens is 781 g/mol. The van der Waals surface area contributed by atoms with Gasteiger partial charge in [0.15, 0.2) is 6.10 Å². The van der Waals surface area contributed by atoms with Crippen molar-refractivity contribution >= 4 is 19.8 Å². The van der Waals surface area contributed by atoms with Crippen LogP contribution in [0, 0.1) is 0 Å². The molecule has 0 aliphatic carbocycles. The van der Waals surface area contributed by atoms with E-state index in [-0.39, 0.29) is 26.1 Å². The van der Waals surface area contributed by atoms with Crippen LogP contribution in [0.2, 0.25) is 0 Å². The van der Waals surface area contributed by atoms with Gasteiger partial charge in [-0.25, -0.2) is 4.57 Å². The van der Waals surface area contributed by atoms with Gasteiger partial charge in [-0.1, -0.05) is 137 Å². The number of quaternary nitrogens is 1. The molecule has 12 heteroatoms. The minimum absolute atomic E-state index is 0.0116. The maximum atomic E-state index is 12.7. The van der Waals surface area contributed by atoms with Crippen molar-refractivity contribution < 1.29 is 52.3 Å². The van der Waals surface area contributed by atoms with E-state index in [9.17, 15) is 29.3 Å². The molecule has 0 saturated carbocycles. The predicted octanol–water partition coefficient (Wildman–Crippen LogP) is 10.5. The summed E-state index contributed by atoms with van der Waals surface area (Å²) in [5.41, 5.74) is 0. The molecule has 60 heavy (non-hydrogen) atoms. The van der Waals surface area contributed by atoms with E-state index >= 15 is 0 Å². The molecule has 11 nitrogen and oxygen atoms in total. The molecule has 0 saturated heterocycles. The number of rotatable bonds is 38. The molecule has 3 N–H and O–H groups in total. The van der Waals surface area contributed by atoms with Gasteiger partial charge < -0.3 is 29.1 Å². The number of nitrogens with zero attached hydrogens (tertiary/aromatic N) is 1. The second-order valence-corrected chi connectivity index (χ2v) is 17.2. The van der Waals surface area contributed by atoms with Crippen LogP contribution in [-0.4, -0.2) is 97.3 Å². The molecule has 0 amide bonds. The van der Waals surface area contributed by atoms with Crippen molar-refractivity contribution in [3.8, 4) is 0 Å². The Morgan fingerprint density at radius 1 is 0.617 bits per heavy atom. The van der Waals surface area contributed by atoms with Gasteiger partial charge in [-0.3, -0.25) is 18.6 Å². The first-order valence-electron chi connectivity index (χ1n) is 22.2. The van der Waals surface area contributed by atoms with Crippen LogP contribution in [0.1, 0.15) is 129 Å². The molecule has 0 bridgehead atoms. The van der Waals surface area contributed by atoms with Gasteiger partial charge in [0.1, 0.15) is 19.8 Å². The number of likely N-dealkylation sites (N-methyl/N-ethyl adjacent to an activating group) is 1. The Morgan fingerprint density at radius 3 is 1.70 bits per heavy atom. The first-order chi connectivity index (χ1) is 28.8. The lowest BCUT2D eigenvalue weighted by Gasteiger charge is -2.24. The predicted molar refractivity (Wildman–Crippen MR) is 245 cm³/mol. The number of phosphoric acid groups is 1. The molecule has 0 aliphatic rings. The zero-order valence-corrected chi connectivity index (χ0v) is 38.5. The largest absolute Gasteiger partial charge is 0.472 e. The zero-order chi connectivity index (χ0) is 44.6. The van der Waals surface area contributed by atoms with E-state index in [0.717, 1.165) is 32.1 Å². The molecule has 0 aliphatic heterocycles. The van der Waals surface area contributed by atoms with Crippen molar-refractivity contribution in [2.45, 2.75) is 148 Å². The summed E-state index contributed by atoms with van der Waals surface area (Å²) in [5.74, 6) is -1.12. The molecule has 0 fully saturated rings. The van der Waals surface area contributed by atoms with Crippen molar-refractivity contribution in [1.29, 1.82) is 0 Å². The highest BCUT2D eigenvalue weighted by molar-refractivity contribution is 7.47. The topological polar surface area (TPSA) is 149 Å². The van der Waals surface area contributed by atoms with E-state index in [1.807, 2.05) is 39.4 Å². The van der Waals surface area contributed by atoms with Crippen molar-refractivity contribution in [2.75, 3.05) is 47.5 Å². The number of carbonyl (C=O) groups is 2. The Balaban J connectivity index is 4.73. The summed E-state index contributed by atoms with van der Waals surface area (Å²) in [6.45, 7) is 3.95. The third-order valence-electron chi connectivity index (χ3n) is 8.78. The quantitative estimate of drug-likeness (QED) is 0.0137. The van der Waals surface area contributed by atoms with Gasteiger partial charge in [-0.05, 0) is 77.0 Å². The fraction of sp³-hybridized carbons (Fsp3) is 0.625. The van der Waals surface area contributed by atoms with Crippen LogP contribution in [0.15, 0.2) is 97.2 Å². The number of hydrogen-bond acceptors (Lipinski definition) is 9. The Labute approximate surface area is 363 Å². The summed E-state index contributed by atoms with van der Waals surface area (Å²) in [6.07, 6.45) is 43.8. The second kappa shape index (κ2) is 38.7. The number of ether oxygens (including phenoxy) is 2. The number of aliphatic hydroxyl groups excluding tert-OH is 2. The fourth-order valence-electron chi connectivity index (χ4n) is 5.20. The molecular formula is C48H81NO10P+. The van der Waals surface area contributed by atoms with Crippen LogP contribution in [0.3, 0.4) is 0 Å². The summed E-state index contributed by atoms with van der Waals surface area (Å²) >= 11 is 0. The highest BCUT2D eigenvalue weighted by Crippen LogP contribution is 2.43. The standard InChI is InChI=1S/C48H80NO10P/c1-6-8-10-12-14-15-16-17-18-19-20-21-22-23-24-26-32-38-48(53)59-46(43-58-60(54,55)57-41-40-49(3,4)5)42-56-47(52)39-33-37-45(51)36-31-28-27-30-35-44(50)34-29-25-13-11-9-7-2/h14-15,17-18,20-21,23-25,27-31,35-36,44-46,50-51H,6-13,16,19,22,26,32-34,37-43H2,1-5H3/p+1/b15-14-,18-17-,21-20-,24-23-,28-27+,29-25-,35-30+,36-31-/t44-,45-,46-/m1/s1. The van der Waals surface area contributed by atoms with Crippen LogP contribution in [-0.2, 0) is 32.7 Å². The van der Waals surface area contributed by atoms with Gasteiger partial charge in [0.25, 0.3) is 0 Å². The molecule has 0 aromatic carbocycles. The summed E-state index contributed by atoms with van der Waals surface area (Å²) in [6, 6.07) is 0. The van der Waals surface area contributed by atoms with Gasteiger partial charge in [-0.2, -0.15) is 0 Å². The SMILES string of the molecule is CCCCC/C=C\C/C=C\C/C=C\C/C=C\CCCC(=O)O[C@H](COC(=O)CCC[C@H](O)\C=C/C=C/C=C/[C@H](O)C/C=C\CCCCC)COP(=O)(O)OCC[N+](C)(C)C. The monoisotopic (exact) mass is 863 g/mol. The van der Waals surface area contributed by atoms with Crippen molar-refractivity contribution in [3.63, 3.8) is 0 Å². The zero-order valence-electron chi connectivity index (χ0n) is 37.6. The number of carbonyl (C=O) groups excluding carboxylic acids is 2. The molecule has 4 atom stereocenters. The summed E-state index contributed by atoms with van der Waals surface area (Å²) in [4.78, 5) is 35.4. The maximum Gasteiger partial charge on any atom is 0.472 e. The van der Waals surface area contributed by atoms with E-state index in [1.165, 1.54) is 38.5 Å². The molecule has 0 aromatic heterocycles. The van der Waals surface area contributed by atoms with E-state index < -0.39 is 44.7 Å². The molecule has 0 heterocycles. The lowest BCUT2D eigenvalue weighted by molar-refractivity contribution is -0.870.